The molecule has 0 aliphatic rings. The summed E-state index contributed by atoms with van der Waals surface area (Å²) in [5.74, 6) is -1.75. The van der Waals surface area contributed by atoms with Crippen LogP contribution in [0.2, 0.25) is 0 Å². The number of ether oxygens (including phenoxy) is 1. The molecule has 0 spiro atoms. The van der Waals surface area contributed by atoms with E-state index < -0.39 is 11.7 Å². The lowest BCUT2D eigenvalue weighted by molar-refractivity contribution is -0.139. The zero-order chi connectivity index (χ0) is 6.57. The van der Waals surface area contributed by atoms with Gasteiger partial charge in [-0.25, -0.2) is 4.79 Å². The minimum Gasteiger partial charge on any atom is -0.511 e. The molecule has 0 amide bonds. The predicted octanol–water partition coefficient (Wildman–Crippen LogP) is 0.117. The summed E-state index contributed by atoms with van der Waals surface area (Å²) in [5.41, 5.74) is 0. The van der Waals surface area contributed by atoms with Gasteiger partial charge in [0.25, 0.3) is 0 Å². The van der Waals surface area contributed by atoms with Crippen molar-refractivity contribution in [1.29, 1.82) is 0 Å². The van der Waals surface area contributed by atoms with Crippen LogP contribution >= 0.6 is 0 Å². The van der Waals surface area contributed by atoms with Crippen molar-refractivity contribution in [1.82, 2.24) is 0 Å². The number of hydrogen-bond acceptors (Lipinski definition) is 4. The Bertz CT molecular complexity index is 115. The fraction of sp³-hybridized carbons (Fsp3) is 0.250. The van der Waals surface area contributed by atoms with Crippen LogP contribution < -0.4 is 0 Å². The number of rotatable bonds is 1. The Morgan fingerprint density at radius 2 is 2.25 bits per heavy atom. The molecule has 0 aliphatic carbocycles. The quantitative estimate of drug-likeness (QED) is 0.291. The number of carbonyl (C=O) groups excluding carboxylic acids is 1. The van der Waals surface area contributed by atoms with Gasteiger partial charge in [-0.15, -0.1) is 0 Å². The second-order valence-corrected chi connectivity index (χ2v) is 1.01. The van der Waals surface area contributed by atoms with E-state index in [4.69, 9.17) is 10.2 Å². The van der Waals surface area contributed by atoms with Gasteiger partial charge in [0.1, 0.15) is 6.26 Å². The molecule has 0 aliphatic heterocycles. The van der Waals surface area contributed by atoms with Crippen LogP contribution in [0.5, 0.6) is 0 Å². The van der Waals surface area contributed by atoms with Crippen molar-refractivity contribution in [2.24, 2.45) is 0 Å². The van der Waals surface area contributed by atoms with Gasteiger partial charge >= 0.3 is 5.97 Å². The topological polar surface area (TPSA) is 66.8 Å². The summed E-state index contributed by atoms with van der Waals surface area (Å²) in [7, 11) is 1.10. The largest absolute Gasteiger partial charge is 0.511 e. The Morgan fingerprint density at radius 3 is 2.38 bits per heavy atom. The van der Waals surface area contributed by atoms with Crippen LogP contribution in [-0.4, -0.2) is 23.3 Å². The molecule has 0 aromatic heterocycles. The van der Waals surface area contributed by atoms with Crippen molar-refractivity contribution in [2.45, 2.75) is 0 Å². The third-order valence-electron chi connectivity index (χ3n) is 0.517. The number of esters is 1. The summed E-state index contributed by atoms with van der Waals surface area (Å²) >= 11 is 0. The molecule has 0 radical (unpaired) electrons. The van der Waals surface area contributed by atoms with Gasteiger partial charge in [0.15, 0.2) is 0 Å². The lowest BCUT2D eigenvalue weighted by Crippen LogP contribution is -2.03. The highest BCUT2D eigenvalue weighted by atomic mass is 16.5. The Hall–Kier alpha value is -1.19. The van der Waals surface area contributed by atoms with Gasteiger partial charge in [-0.1, -0.05) is 0 Å². The van der Waals surface area contributed by atoms with Gasteiger partial charge in [0, 0.05) is 0 Å². The number of methoxy groups -OCH3 is 1. The monoisotopic (exact) mass is 118 g/mol. The lowest BCUT2D eigenvalue weighted by atomic mass is 10.6. The molecule has 0 fully saturated rings. The van der Waals surface area contributed by atoms with Gasteiger partial charge in [-0.05, 0) is 0 Å². The summed E-state index contributed by atoms with van der Waals surface area (Å²) in [4.78, 5) is 10.0. The lowest BCUT2D eigenvalue weighted by Gasteiger charge is -1.91. The Kier molecular flexibility index (Phi) is 2.47. The first-order valence-electron chi connectivity index (χ1n) is 1.84. The van der Waals surface area contributed by atoms with Crippen LogP contribution in [0, 0.1) is 0 Å². The molecular formula is C4H6O4. The first-order chi connectivity index (χ1) is 3.72. The zero-order valence-electron chi connectivity index (χ0n) is 4.29. The minimum atomic E-state index is -0.951. The van der Waals surface area contributed by atoms with E-state index in [-0.39, 0.29) is 6.26 Å². The van der Waals surface area contributed by atoms with Crippen molar-refractivity contribution >= 4 is 5.97 Å². The molecule has 0 heterocycles. The van der Waals surface area contributed by atoms with E-state index in [1.165, 1.54) is 0 Å². The van der Waals surface area contributed by atoms with Crippen LogP contribution in [0.15, 0.2) is 12.0 Å². The molecule has 8 heavy (non-hydrogen) atoms. The van der Waals surface area contributed by atoms with Gasteiger partial charge in [0.05, 0.1) is 7.11 Å². The molecule has 46 valence electrons. The number of aliphatic hydroxyl groups is 2. The summed E-state index contributed by atoms with van der Waals surface area (Å²) in [5, 5.41) is 16.2. The van der Waals surface area contributed by atoms with Crippen molar-refractivity contribution in [3.63, 3.8) is 0 Å². The highest BCUT2D eigenvalue weighted by molar-refractivity contribution is 5.85. The average Bonchev–Trinajstić information content (AvgIpc) is 1.84. The normalized spacial score (nSPS) is 10.9. The number of hydrogen-bond donors (Lipinski definition) is 2. The Labute approximate surface area is 46.0 Å². The van der Waals surface area contributed by atoms with Crippen molar-refractivity contribution in [3.05, 3.63) is 12.0 Å². The summed E-state index contributed by atoms with van der Waals surface area (Å²) < 4.78 is 3.99. The highest BCUT2D eigenvalue weighted by Crippen LogP contribution is 1.86. The summed E-state index contributed by atoms with van der Waals surface area (Å²) in [6.45, 7) is 0. The highest BCUT2D eigenvalue weighted by Gasteiger charge is 2.04. The second-order valence-electron chi connectivity index (χ2n) is 1.01. The molecule has 0 rings (SSSR count). The predicted molar refractivity (Wildman–Crippen MR) is 25.4 cm³/mol. The van der Waals surface area contributed by atoms with Crippen molar-refractivity contribution in [2.75, 3.05) is 7.11 Å². The van der Waals surface area contributed by atoms with Crippen LogP contribution in [0.3, 0.4) is 0 Å². The van der Waals surface area contributed by atoms with Crippen molar-refractivity contribution in [3.8, 4) is 0 Å². The van der Waals surface area contributed by atoms with Crippen LogP contribution in [0.1, 0.15) is 0 Å². The van der Waals surface area contributed by atoms with E-state index in [9.17, 15) is 4.79 Å². The van der Waals surface area contributed by atoms with E-state index in [0.29, 0.717) is 0 Å². The van der Waals surface area contributed by atoms with E-state index in [0.717, 1.165) is 7.11 Å². The third kappa shape index (κ3) is 1.51. The first-order valence-corrected chi connectivity index (χ1v) is 1.84. The Balaban J connectivity index is 3.83. The molecule has 4 heteroatoms. The average molecular weight is 118 g/mol. The SMILES string of the molecule is COC(=O)/C(O)=C/O. The molecule has 4 nitrogen and oxygen atoms in total. The van der Waals surface area contributed by atoms with E-state index in [2.05, 4.69) is 4.74 Å². The minimum absolute atomic E-state index is 0.270. The fourth-order valence-corrected chi connectivity index (χ4v) is 0.157. The maximum atomic E-state index is 10.0. The van der Waals surface area contributed by atoms with Gasteiger partial charge < -0.3 is 14.9 Å². The molecule has 0 bridgehead atoms. The molecule has 0 atom stereocenters. The molecule has 2 N–H and O–H groups in total. The van der Waals surface area contributed by atoms with Gasteiger partial charge in [0.2, 0.25) is 5.76 Å². The molecule has 0 saturated carbocycles. The van der Waals surface area contributed by atoms with E-state index >= 15 is 0 Å². The summed E-state index contributed by atoms with van der Waals surface area (Å²) in [6, 6.07) is 0. The maximum absolute atomic E-state index is 10.0. The van der Waals surface area contributed by atoms with Crippen LogP contribution in [0.4, 0.5) is 0 Å². The number of carbonyl (C=O) groups is 1. The first kappa shape index (κ1) is 6.81. The third-order valence-corrected chi connectivity index (χ3v) is 0.517. The van der Waals surface area contributed by atoms with E-state index in [1.54, 1.807) is 0 Å². The zero-order valence-corrected chi connectivity index (χ0v) is 4.29. The fourth-order valence-electron chi connectivity index (χ4n) is 0.157. The molecule has 0 aromatic rings. The molecule has 0 unspecified atom stereocenters. The Morgan fingerprint density at radius 1 is 1.75 bits per heavy atom. The maximum Gasteiger partial charge on any atom is 0.376 e. The van der Waals surface area contributed by atoms with E-state index in [1.807, 2.05) is 0 Å². The second kappa shape index (κ2) is 2.90. The van der Waals surface area contributed by atoms with Crippen molar-refractivity contribution < 1.29 is 19.7 Å². The van der Waals surface area contributed by atoms with Gasteiger partial charge in [-0.3, -0.25) is 0 Å². The molecule has 0 aromatic carbocycles. The van der Waals surface area contributed by atoms with Crippen LogP contribution in [-0.2, 0) is 9.53 Å². The smallest absolute Gasteiger partial charge is 0.376 e. The standard InChI is InChI=1S/C4H6O4/c1-8-4(7)3(6)2-5/h2,5-6H,1H3/b3-2-. The molecule has 0 saturated heterocycles. The van der Waals surface area contributed by atoms with Gasteiger partial charge in [-0.2, -0.15) is 0 Å². The number of aliphatic hydroxyl groups excluding tert-OH is 2. The molecular weight excluding hydrogens is 112 g/mol. The van der Waals surface area contributed by atoms with Crippen LogP contribution in [0.25, 0.3) is 0 Å². The summed E-state index contributed by atoms with van der Waals surface area (Å²) in [6.07, 6.45) is 0.270.